The second-order valence-corrected chi connectivity index (χ2v) is 6.76. The van der Waals surface area contributed by atoms with Crippen LogP contribution in [-0.4, -0.2) is 25.0 Å². The molecule has 0 atom stereocenters. The summed E-state index contributed by atoms with van der Waals surface area (Å²) in [5.41, 5.74) is 8.46. The fourth-order valence-corrected chi connectivity index (χ4v) is 3.05. The zero-order valence-corrected chi connectivity index (χ0v) is 15.2. The van der Waals surface area contributed by atoms with E-state index in [0.29, 0.717) is 12.1 Å². The van der Waals surface area contributed by atoms with Gasteiger partial charge < -0.3 is 16.4 Å². The molecule has 1 amide bonds. The molecular formula is C21H26N4O. The molecule has 0 heterocycles. The second kappa shape index (κ2) is 8.04. The second-order valence-electron chi connectivity index (χ2n) is 6.76. The van der Waals surface area contributed by atoms with Gasteiger partial charge in [-0.05, 0) is 43.0 Å². The summed E-state index contributed by atoms with van der Waals surface area (Å²) in [6, 6.07) is 17.9. The maximum absolute atomic E-state index is 11.1. The van der Waals surface area contributed by atoms with E-state index in [1.807, 2.05) is 12.1 Å². The van der Waals surface area contributed by atoms with Crippen LogP contribution in [-0.2, 0) is 12.0 Å². The van der Waals surface area contributed by atoms with Crippen LogP contribution >= 0.6 is 0 Å². The minimum atomic E-state index is -0.411. The van der Waals surface area contributed by atoms with Gasteiger partial charge in [-0.15, -0.1) is 0 Å². The van der Waals surface area contributed by atoms with Gasteiger partial charge in [-0.3, -0.25) is 4.79 Å². The summed E-state index contributed by atoms with van der Waals surface area (Å²) in [6.45, 7) is 4.30. The lowest BCUT2D eigenvalue weighted by Crippen LogP contribution is -2.41. The van der Waals surface area contributed by atoms with Crippen LogP contribution in [0.15, 0.2) is 59.6 Å². The summed E-state index contributed by atoms with van der Waals surface area (Å²) in [5, 5.41) is 6.79. The predicted octanol–water partition coefficient (Wildman–Crippen LogP) is 2.57. The number of amides is 1. The van der Waals surface area contributed by atoms with Crippen molar-refractivity contribution in [3.8, 4) is 0 Å². The lowest BCUT2D eigenvalue weighted by Gasteiger charge is -2.19. The van der Waals surface area contributed by atoms with Crippen molar-refractivity contribution in [1.29, 1.82) is 0 Å². The van der Waals surface area contributed by atoms with Gasteiger partial charge in [-0.25, -0.2) is 4.99 Å². The highest BCUT2D eigenvalue weighted by Crippen LogP contribution is 2.47. The van der Waals surface area contributed by atoms with Gasteiger partial charge in [0.15, 0.2) is 5.96 Å². The van der Waals surface area contributed by atoms with Gasteiger partial charge >= 0.3 is 0 Å². The third-order valence-electron chi connectivity index (χ3n) is 4.84. The first-order valence-electron chi connectivity index (χ1n) is 9.09. The van der Waals surface area contributed by atoms with Crippen LogP contribution in [0.2, 0.25) is 0 Å². The molecule has 136 valence electrons. The third kappa shape index (κ3) is 4.42. The number of primary amides is 1. The number of nitrogens with two attached hydrogens (primary N) is 1. The molecule has 2 aromatic rings. The molecule has 1 saturated carbocycles. The number of hydrogen-bond donors (Lipinski definition) is 3. The van der Waals surface area contributed by atoms with E-state index in [9.17, 15) is 4.79 Å². The average Bonchev–Trinajstić information content (AvgIpc) is 3.46. The van der Waals surface area contributed by atoms with Crippen molar-refractivity contribution in [3.05, 3.63) is 71.3 Å². The van der Waals surface area contributed by atoms with Crippen molar-refractivity contribution in [1.82, 2.24) is 10.6 Å². The fraction of sp³-hybridized carbons (Fsp3) is 0.333. The van der Waals surface area contributed by atoms with Gasteiger partial charge in [0.25, 0.3) is 0 Å². The van der Waals surface area contributed by atoms with E-state index in [1.165, 1.54) is 18.4 Å². The van der Waals surface area contributed by atoms with Crippen molar-refractivity contribution in [2.75, 3.05) is 13.1 Å². The van der Waals surface area contributed by atoms with Gasteiger partial charge in [0, 0.05) is 24.1 Å². The number of hydrogen-bond acceptors (Lipinski definition) is 2. The topological polar surface area (TPSA) is 79.5 Å². The molecule has 5 nitrogen and oxygen atoms in total. The van der Waals surface area contributed by atoms with Crippen LogP contribution in [0.1, 0.15) is 41.3 Å². The normalized spacial score (nSPS) is 15.3. The van der Waals surface area contributed by atoms with Gasteiger partial charge in [0.2, 0.25) is 5.91 Å². The van der Waals surface area contributed by atoms with Gasteiger partial charge in [-0.2, -0.15) is 0 Å². The van der Waals surface area contributed by atoms with E-state index >= 15 is 0 Å². The number of benzene rings is 2. The Morgan fingerprint density at radius 3 is 2.35 bits per heavy atom. The minimum Gasteiger partial charge on any atom is -0.366 e. The summed E-state index contributed by atoms with van der Waals surface area (Å²) in [6.07, 6.45) is 2.41. The Bertz CT molecular complexity index is 764. The molecule has 1 aliphatic carbocycles. The maximum Gasteiger partial charge on any atom is 0.248 e. The number of carbonyl (C=O) groups is 1. The van der Waals surface area contributed by atoms with Crippen LogP contribution < -0.4 is 16.4 Å². The molecule has 0 spiro atoms. The number of nitrogens with zero attached hydrogens (tertiary/aromatic N) is 1. The Balaban J connectivity index is 1.61. The highest BCUT2D eigenvalue weighted by molar-refractivity contribution is 5.92. The van der Waals surface area contributed by atoms with Crippen molar-refractivity contribution < 1.29 is 4.79 Å². The standard InChI is InChI=1S/C21H26N4O/c1-2-23-20(24-14-16-8-10-17(11-9-16)19(22)26)25-15-21(12-13-21)18-6-4-3-5-7-18/h3-11H,2,12-15H2,1H3,(H2,22,26)(H2,23,24,25). The lowest BCUT2D eigenvalue weighted by molar-refractivity contribution is 0.100. The highest BCUT2D eigenvalue weighted by atomic mass is 16.1. The van der Waals surface area contributed by atoms with Crippen LogP contribution in [0.3, 0.4) is 0 Å². The smallest absolute Gasteiger partial charge is 0.248 e. The van der Waals surface area contributed by atoms with Crippen molar-refractivity contribution in [2.24, 2.45) is 10.7 Å². The molecule has 0 unspecified atom stereocenters. The summed E-state index contributed by atoms with van der Waals surface area (Å²) < 4.78 is 0. The molecule has 1 aliphatic rings. The highest BCUT2D eigenvalue weighted by Gasteiger charge is 2.43. The number of carbonyl (C=O) groups excluding carboxylic acids is 1. The molecule has 2 aromatic carbocycles. The van der Waals surface area contributed by atoms with Crippen LogP contribution in [0.5, 0.6) is 0 Å². The molecule has 5 heteroatoms. The van der Waals surface area contributed by atoms with E-state index in [4.69, 9.17) is 5.73 Å². The Hall–Kier alpha value is -2.82. The van der Waals surface area contributed by atoms with Crippen LogP contribution in [0.25, 0.3) is 0 Å². The van der Waals surface area contributed by atoms with E-state index in [-0.39, 0.29) is 5.41 Å². The summed E-state index contributed by atoms with van der Waals surface area (Å²) in [5.74, 6) is 0.402. The predicted molar refractivity (Wildman–Crippen MR) is 105 cm³/mol. The molecule has 3 rings (SSSR count). The molecular weight excluding hydrogens is 324 g/mol. The quantitative estimate of drug-likeness (QED) is 0.530. The number of aliphatic imine (C=N–C) groups is 1. The zero-order valence-electron chi connectivity index (χ0n) is 15.2. The Morgan fingerprint density at radius 1 is 1.08 bits per heavy atom. The van der Waals surface area contributed by atoms with E-state index in [1.54, 1.807) is 12.1 Å². The summed E-state index contributed by atoms with van der Waals surface area (Å²) in [7, 11) is 0. The monoisotopic (exact) mass is 350 g/mol. The van der Waals surface area contributed by atoms with Crippen molar-refractivity contribution in [3.63, 3.8) is 0 Å². The van der Waals surface area contributed by atoms with Gasteiger partial charge in [-0.1, -0.05) is 42.5 Å². The fourth-order valence-electron chi connectivity index (χ4n) is 3.05. The summed E-state index contributed by atoms with van der Waals surface area (Å²) >= 11 is 0. The first-order valence-corrected chi connectivity index (χ1v) is 9.09. The maximum atomic E-state index is 11.1. The molecule has 0 aliphatic heterocycles. The number of rotatable bonds is 7. The number of nitrogens with one attached hydrogen (secondary N) is 2. The lowest BCUT2D eigenvalue weighted by atomic mass is 9.96. The van der Waals surface area contributed by atoms with Crippen molar-refractivity contribution >= 4 is 11.9 Å². The van der Waals surface area contributed by atoms with E-state index in [2.05, 4.69) is 52.9 Å². The number of guanidine groups is 1. The molecule has 26 heavy (non-hydrogen) atoms. The molecule has 4 N–H and O–H groups in total. The van der Waals surface area contributed by atoms with Crippen LogP contribution in [0.4, 0.5) is 0 Å². The molecule has 0 saturated heterocycles. The summed E-state index contributed by atoms with van der Waals surface area (Å²) in [4.78, 5) is 15.8. The Kier molecular flexibility index (Phi) is 5.56. The van der Waals surface area contributed by atoms with E-state index < -0.39 is 5.91 Å². The molecule has 0 aromatic heterocycles. The van der Waals surface area contributed by atoms with E-state index in [0.717, 1.165) is 24.6 Å². The molecule has 1 fully saturated rings. The van der Waals surface area contributed by atoms with Gasteiger partial charge in [0.1, 0.15) is 0 Å². The molecule has 0 bridgehead atoms. The zero-order chi connectivity index (χ0) is 18.4. The first kappa shape index (κ1) is 18.0. The van der Waals surface area contributed by atoms with Gasteiger partial charge in [0.05, 0.1) is 6.54 Å². The largest absolute Gasteiger partial charge is 0.366 e. The third-order valence-corrected chi connectivity index (χ3v) is 4.84. The Morgan fingerprint density at radius 2 is 1.77 bits per heavy atom. The Labute approximate surface area is 154 Å². The SMILES string of the molecule is CCNC(=NCc1ccc(C(N)=O)cc1)NCC1(c2ccccc2)CC1. The van der Waals surface area contributed by atoms with Crippen LogP contribution in [0, 0.1) is 0 Å². The first-order chi connectivity index (χ1) is 12.6. The average molecular weight is 350 g/mol. The van der Waals surface area contributed by atoms with Crippen molar-refractivity contribution in [2.45, 2.75) is 31.7 Å². The molecule has 0 radical (unpaired) electrons. The minimum absolute atomic E-state index is 0.237.